The molecule has 0 atom stereocenters. The first kappa shape index (κ1) is 13.1. The van der Waals surface area contributed by atoms with Gasteiger partial charge in [-0.25, -0.2) is 0 Å². The molecule has 0 spiro atoms. The van der Waals surface area contributed by atoms with Crippen LogP contribution in [0.2, 0.25) is 0 Å². The van der Waals surface area contributed by atoms with Gasteiger partial charge in [0.15, 0.2) is 0 Å². The number of amides is 1. The van der Waals surface area contributed by atoms with Gasteiger partial charge in [-0.15, -0.1) is 0 Å². The molecule has 1 N–H and O–H groups in total. The van der Waals surface area contributed by atoms with Gasteiger partial charge in [0.2, 0.25) is 0 Å². The minimum absolute atomic E-state index is 0.175. The molecule has 19 heavy (non-hydrogen) atoms. The van der Waals surface area contributed by atoms with Crippen LogP contribution in [0.3, 0.4) is 0 Å². The number of fused-ring (bicyclic) bond motifs is 1. The normalized spacial score (nSPS) is 10.4. The van der Waals surface area contributed by atoms with Crippen molar-refractivity contribution in [1.29, 1.82) is 0 Å². The van der Waals surface area contributed by atoms with E-state index in [9.17, 15) is 9.59 Å². The van der Waals surface area contributed by atoms with Gasteiger partial charge in [-0.05, 0) is 23.6 Å². The standard InChI is InChI=1S/C14H16N2O3/c1-16-8-6-10-3-4-11(9-12(10)16)14(18)15-7-5-13(17)19-2/h3-4,6,8-9H,5,7H2,1-2H3,(H,15,18). The lowest BCUT2D eigenvalue weighted by atomic mass is 10.1. The molecule has 5 heteroatoms. The highest BCUT2D eigenvalue weighted by molar-refractivity contribution is 5.98. The van der Waals surface area contributed by atoms with E-state index >= 15 is 0 Å². The zero-order chi connectivity index (χ0) is 13.8. The first-order valence-electron chi connectivity index (χ1n) is 6.02. The van der Waals surface area contributed by atoms with Gasteiger partial charge in [0.25, 0.3) is 5.91 Å². The van der Waals surface area contributed by atoms with E-state index in [0.29, 0.717) is 5.56 Å². The molecule has 0 radical (unpaired) electrons. The van der Waals surface area contributed by atoms with E-state index in [2.05, 4.69) is 10.1 Å². The molecule has 1 aromatic heterocycles. The Balaban J connectivity index is 2.04. The maximum Gasteiger partial charge on any atom is 0.307 e. The van der Waals surface area contributed by atoms with Crippen LogP contribution in [0, 0.1) is 0 Å². The Bertz CT molecular complexity index is 616. The fraction of sp³-hybridized carbons (Fsp3) is 0.286. The van der Waals surface area contributed by atoms with E-state index in [0.717, 1.165) is 10.9 Å². The highest BCUT2D eigenvalue weighted by atomic mass is 16.5. The highest BCUT2D eigenvalue weighted by Crippen LogP contribution is 2.16. The SMILES string of the molecule is COC(=O)CCNC(=O)c1ccc2ccn(C)c2c1. The quantitative estimate of drug-likeness (QED) is 0.847. The monoisotopic (exact) mass is 260 g/mol. The Morgan fingerprint density at radius 2 is 2.11 bits per heavy atom. The molecule has 0 aliphatic heterocycles. The predicted octanol–water partition coefficient (Wildman–Crippen LogP) is 1.47. The summed E-state index contributed by atoms with van der Waals surface area (Å²) in [6.45, 7) is 0.274. The van der Waals surface area contributed by atoms with Gasteiger partial charge < -0.3 is 14.6 Å². The van der Waals surface area contributed by atoms with Crippen molar-refractivity contribution < 1.29 is 14.3 Å². The molecule has 1 amide bonds. The summed E-state index contributed by atoms with van der Waals surface area (Å²) in [7, 11) is 3.26. The van der Waals surface area contributed by atoms with Crippen LogP contribution in [0.25, 0.3) is 10.9 Å². The summed E-state index contributed by atoms with van der Waals surface area (Å²) in [5, 5.41) is 3.78. The van der Waals surface area contributed by atoms with Crippen LogP contribution in [0.15, 0.2) is 30.5 Å². The number of nitrogens with zero attached hydrogens (tertiary/aromatic N) is 1. The van der Waals surface area contributed by atoms with Crippen LogP contribution in [0.4, 0.5) is 0 Å². The molecule has 0 bridgehead atoms. The first-order valence-corrected chi connectivity index (χ1v) is 6.02. The van der Waals surface area contributed by atoms with Crippen molar-refractivity contribution in [2.24, 2.45) is 7.05 Å². The summed E-state index contributed by atoms with van der Waals surface area (Å²) in [6, 6.07) is 7.51. The molecular weight excluding hydrogens is 244 g/mol. The topological polar surface area (TPSA) is 60.3 Å². The van der Waals surface area contributed by atoms with E-state index in [1.54, 1.807) is 6.07 Å². The molecule has 100 valence electrons. The smallest absolute Gasteiger partial charge is 0.307 e. The maximum absolute atomic E-state index is 11.9. The average Bonchev–Trinajstić information content (AvgIpc) is 2.79. The third-order valence-corrected chi connectivity index (χ3v) is 2.99. The van der Waals surface area contributed by atoms with Crippen LogP contribution in [0.5, 0.6) is 0 Å². The van der Waals surface area contributed by atoms with E-state index in [-0.39, 0.29) is 24.8 Å². The van der Waals surface area contributed by atoms with Crippen molar-refractivity contribution in [3.63, 3.8) is 0 Å². The number of aromatic nitrogens is 1. The third-order valence-electron chi connectivity index (χ3n) is 2.99. The Kier molecular flexibility index (Phi) is 3.85. The number of hydrogen-bond acceptors (Lipinski definition) is 3. The minimum atomic E-state index is -0.335. The molecule has 2 aromatic rings. The summed E-state index contributed by atoms with van der Waals surface area (Å²) >= 11 is 0. The molecule has 0 unspecified atom stereocenters. The average molecular weight is 260 g/mol. The Morgan fingerprint density at radius 1 is 1.32 bits per heavy atom. The van der Waals surface area contributed by atoms with Crippen LogP contribution >= 0.6 is 0 Å². The second-order valence-electron chi connectivity index (χ2n) is 4.28. The second kappa shape index (κ2) is 5.56. The van der Waals surface area contributed by atoms with Crippen LogP contribution in [-0.2, 0) is 16.6 Å². The molecule has 0 aliphatic carbocycles. The number of benzene rings is 1. The Labute approximate surface area is 111 Å². The van der Waals surface area contributed by atoms with Gasteiger partial charge in [0, 0.05) is 30.9 Å². The number of methoxy groups -OCH3 is 1. The molecular formula is C14H16N2O3. The molecule has 0 fully saturated rings. The van der Waals surface area contributed by atoms with Crippen molar-refractivity contribution in [3.8, 4) is 0 Å². The number of carbonyl (C=O) groups excluding carboxylic acids is 2. The predicted molar refractivity (Wildman–Crippen MR) is 71.9 cm³/mol. The molecule has 5 nitrogen and oxygen atoms in total. The van der Waals surface area contributed by atoms with Crippen molar-refractivity contribution in [2.45, 2.75) is 6.42 Å². The van der Waals surface area contributed by atoms with E-state index in [4.69, 9.17) is 0 Å². The third kappa shape index (κ3) is 2.93. The van der Waals surface area contributed by atoms with Gasteiger partial charge in [-0.3, -0.25) is 9.59 Å². The second-order valence-corrected chi connectivity index (χ2v) is 4.28. The van der Waals surface area contributed by atoms with Crippen LogP contribution < -0.4 is 5.32 Å². The van der Waals surface area contributed by atoms with Crippen LogP contribution in [-0.4, -0.2) is 30.1 Å². The number of nitrogens with one attached hydrogen (secondary N) is 1. The van der Waals surface area contributed by atoms with Gasteiger partial charge in [-0.2, -0.15) is 0 Å². The van der Waals surface area contributed by atoms with E-state index in [1.165, 1.54) is 7.11 Å². The fourth-order valence-corrected chi connectivity index (χ4v) is 1.89. The van der Waals surface area contributed by atoms with E-state index in [1.807, 2.05) is 36.0 Å². The summed E-state index contributed by atoms with van der Waals surface area (Å²) in [4.78, 5) is 22.9. The number of ether oxygens (including phenoxy) is 1. The number of rotatable bonds is 4. The molecule has 1 heterocycles. The minimum Gasteiger partial charge on any atom is -0.469 e. The molecule has 0 aliphatic rings. The molecule has 0 saturated carbocycles. The fourth-order valence-electron chi connectivity index (χ4n) is 1.89. The number of hydrogen-bond donors (Lipinski definition) is 1. The Hall–Kier alpha value is -2.30. The lowest BCUT2D eigenvalue weighted by Gasteiger charge is -2.05. The van der Waals surface area contributed by atoms with Gasteiger partial charge >= 0.3 is 5.97 Å². The molecule has 0 saturated heterocycles. The number of esters is 1. The van der Waals surface area contributed by atoms with E-state index < -0.39 is 0 Å². The van der Waals surface area contributed by atoms with Gasteiger partial charge in [0.05, 0.1) is 13.5 Å². The summed E-state index contributed by atoms with van der Waals surface area (Å²) in [6.07, 6.45) is 2.12. The number of aryl methyl sites for hydroxylation is 1. The zero-order valence-electron chi connectivity index (χ0n) is 11.0. The summed E-state index contributed by atoms with van der Waals surface area (Å²) in [5.74, 6) is -0.523. The summed E-state index contributed by atoms with van der Waals surface area (Å²) < 4.78 is 6.47. The largest absolute Gasteiger partial charge is 0.469 e. The first-order chi connectivity index (χ1) is 9.11. The van der Waals surface area contributed by atoms with Gasteiger partial charge in [-0.1, -0.05) is 6.07 Å². The lowest BCUT2D eigenvalue weighted by molar-refractivity contribution is -0.140. The van der Waals surface area contributed by atoms with Crippen LogP contribution in [0.1, 0.15) is 16.8 Å². The lowest BCUT2D eigenvalue weighted by Crippen LogP contribution is -2.26. The molecule has 2 rings (SSSR count). The zero-order valence-corrected chi connectivity index (χ0v) is 11.0. The van der Waals surface area contributed by atoms with Crippen molar-refractivity contribution >= 4 is 22.8 Å². The van der Waals surface area contributed by atoms with Crippen molar-refractivity contribution in [3.05, 3.63) is 36.0 Å². The number of carbonyl (C=O) groups is 2. The summed E-state index contributed by atoms with van der Waals surface area (Å²) in [5.41, 5.74) is 1.58. The van der Waals surface area contributed by atoms with Crippen molar-refractivity contribution in [1.82, 2.24) is 9.88 Å². The van der Waals surface area contributed by atoms with Gasteiger partial charge in [0.1, 0.15) is 0 Å². The maximum atomic E-state index is 11.9. The van der Waals surface area contributed by atoms with Crippen molar-refractivity contribution in [2.75, 3.05) is 13.7 Å². The highest BCUT2D eigenvalue weighted by Gasteiger charge is 2.08. The molecule has 1 aromatic carbocycles. The Morgan fingerprint density at radius 3 is 2.84 bits per heavy atom.